The van der Waals surface area contributed by atoms with Crippen LogP contribution in [0.3, 0.4) is 0 Å². The zero-order chi connectivity index (χ0) is 26.7. The van der Waals surface area contributed by atoms with Crippen molar-refractivity contribution in [2.75, 3.05) is 50.1 Å². The van der Waals surface area contributed by atoms with Gasteiger partial charge in [0.05, 0.1) is 30.9 Å². The lowest BCUT2D eigenvalue weighted by Crippen LogP contribution is -2.48. The number of nitrogens with one attached hydrogen (secondary N) is 2. The van der Waals surface area contributed by atoms with Gasteiger partial charge in [-0.05, 0) is 52.1 Å². The Kier molecular flexibility index (Phi) is 8.62. The van der Waals surface area contributed by atoms with Gasteiger partial charge in [0.15, 0.2) is 0 Å². The summed E-state index contributed by atoms with van der Waals surface area (Å²) >= 11 is 0. The lowest BCUT2D eigenvalue weighted by molar-refractivity contribution is -0.151. The molecular formula is C22H33N5O7S2. The summed E-state index contributed by atoms with van der Waals surface area (Å²) in [4.78, 5) is 29.3. The topological polar surface area (TPSA) is 155 Å². The first-order valence-corrected chi connectivity index (χ1v) is 15.0. The van der Waals surface area contributed by atoms with E-state index in [1.165, 1.54) is 18.2 Å². The van der Waals surface area contributed by atoms with Gasteiger partial charge in [-0.15, -0.1) is 4.40 Å². The molecule has 1 saturated carbocycles. The number of hydrogen-bond donors (Lipinski definition) is 2. The number of sulfonamides is 2. The van der Waals surface area contributed by atoms with Crippen molar-refractivity contribution in [1.29, 1.82) is 0 Å². The number of anilines is 2. The molecular weight excluding hydrogens is 510 g/mol. The molecule has 1 heterocycles. The third-order valence-corrected chi connectivity index (χ3v) is 7.93. The Bertz CT molecular complexity index is 1250. The van der Waals surface area contributed by atoms with Crippen LogP contribution in [0.15, 0.2) is 27.5 Å². The number of carbonyl (C=O) groups is 2. The van der Waals surface area contributed by atoms with E-state index in [0.29, 0.717) is 25.9 Å². The Labute approximate surface area is 212 Å². The number of amides is 1. The smallest absolute Gasteiger partial charge is 0.311 e. The number of fused-ring (bicyclic) bond motifs is 1. The maximum Gasteiger partial charge on any atom is 0.311 e. The summed E-state index contributed by atoms with van der Waals surface area (Å²) < 4.78 is 59.9. The van der Waals surface area contributed by atoms with Gasteiger partial charge in [0.25, 0.3) is 10.0 Å². The highest BCUT2D eigenvalue weighted by molar-refractivity contribution is 7.92. The molecule has 12 nitrogen and oxygen atoms in total. The van der Waals surface area contributed by atoms with Crippen LogP contribution in [0.4, 0.5) is 11.4 Å². The molecule has 0 aromatic heterocycles. The second kappa shape index (κ2) is 11.1. The Hall–Kier alpha value is -2.71. The third-order valence-electron chi connectivity index (χ3n) is 5.97. The molecule has 1 aliphatic heterocycles. The van der Waals surface area contributed by atoms with E-state index in [9.17, 15) is 26.4 Å². The zero-order valence-electron chi connectivity index (χ0n) is 20.9. The van der Waals surface area contributed by atoms with Gasteiger partial charge in [0.2, 0.25) is 15.9 Å². The molecule has 2 aliphatic rings. The van der Waals surface area contributed by atoms with Crippen molar-refractivity contribution in [3.05, 3.63) is 18.2 Å². The lowest BCUT2D eigenvalue weighted by Gasteiger charge is -2.33. The van der Waals surface area contributed by atoms with Crippen LogP contribution in [-0.4, -0.2) is 90.4 Å². The molecule has 1 aliphatic carbocycles. The Balaban J connectivity index is 1.83. The summed E-state index contributed by atoms with van der Waals surface area (Å²) in [6.45, 7) is 2.92. The Morgan fingerprint density at radius 3 is 2.58 bits per heavy atom. The summed E-state index contributed by atoms with van der Waals surface area (Å²) in [5.74, 6) is -1.15. The summed E-state index contributed by atoms with van der Waals surface area (Å²) in [7, 11) is -4.02. The van der Waals surface area contributed by atoms with Gasteiger partial charge < -0.3 is 19.9 Å². The molecule has 2 N–H and O–H groups in total. The summed E-state index contributed by atoms with van der Waals surface area (Å²) in [5, 5.41) is 2.88. The average Bonchev–Trinajstić information content (AvgIpc) is 3.22. The standard InChI is InChI=1S/C22H33N5O7S2/c1-5-34-22(29)16-7-6-8-18(16)27(12-11-26(2)3)21(28)14-20-23-17-10-9-15(24-35(4,30)31)13-19(17)36(32,33)25-20/h9-10,13,16,18,24H,5-8,11-12,14H2,1-4H3,(H,23,25). The number of carbonyl (C=O) groups excluding carboxylic acids is 2. The van der Waals surface area contributed by atoms with Crippen molar-refractivity contribution in [3.8, 4) is 0 Å². The molecule has 14 heteroatoms. The molecule has 0 radical (unpaired) electrons. The summed E-state index contributed by atoms with van der Waals surface area (Å²) in [5.41, 5.74) is 0.273. The maximum atomic E-state index is 13.4. The van der Waals surface area contributed by atoms with E-state index in [0.717, 1.165) is 12.7 Å². The normalized spacial score (nSPS) is 20.8. The molecule has 1 aromatic carbocycles. The van der Waals surface area contributed by atoms with E-state index in [-0.39, 0.29) is 53.1 Å². The highest BCUT2D eigenvalue weighted by atomic mass is 32.2. The van der Waals surface area contributed by atoms with E-state index in [2.05, 4.69) is 14.4 Å². The number of esters is 1. The fraction of sp³-hybridized carbons (Fsp3) is 0.591. The molecule has 3 rings (SSSR count). The molecule has 0 spiro atoms. The SMILES string of the molecule is CCOC(=O)C1CCCC1N(CCN(C)C)C(=O)CC1=NS(=O)(=O)c2cc(NS(C)(=O)=O)ccc2N1. The van der Waals surface area contributed by atoms with Gasteiger partial charge in [-0.25, -0.2) is 8.42 Å². The minimum absolute atomic E-state index is 0.0446. The quantitative estimate of drug-likeness (QED) is 0.413. The van der Waals surface area contributed by atoms with Crippen molar-refractivity contribution >= 4 is 49.1 Å². The van der Waals surface area contributed by atoms with Crippen LogP contribution in [0.2, 0.25) is 0 Å². The summed E-state index contributed by atoms with van der Waals surface area (Å²) in [6.07, 6.45) is 2.71. The van der Waals surface area contributed by atoms with E-state index in [1.807, 2.05) is 19.0 Å². The monoisotopic (exact) mass is 543 g/mol. The van der Waals surface area contributed by atoms with E-state index in [4.69, 9.17) is 4.74 Å². The molecule has 0 bridgehead atoms. The van der Waals surface area contributed by atoms with Gasteiger partial charge >= 0.3 is 5.97 Å². The first-order chi connectivity index (χ1) is 16.8. The average molecular weight is 544 g/mol. The van der Waals surface area contributed by atoms with E-state index < -0.39 is 26.0 Å². The van der Waals surface area contributed by atoms with Crippen molar-refractivity contribution in [2.24, 2.45) is 10.3 Å². The van der Waals surface area contributed by atoms with Crippen molar-refractivity contribution in [2.45, 2.75) is 43.5 Å². The second-order valence-electron chi connectivity index (χ2n) is 9.15. The molecule has 0 saturated heterocycles. The van der Waals surface area contributed by atoms with Gasteiger partial charge in [-0.2, -0.15) is 8.42 Å². The van der Waals surface area contributed by atoms with Crippen LogP contribution in [-0.2, 0) is 34.4 Å². The predicted octanol–water partition coefficient (Wildman–Crippen LogP) is 1.08. The van der Waals surface area contributed by atoms with Crippen LogP contribution in [0.1, 0.15) is 32.6 Å². The van der Waals surface area contributed by atoms with Gasteiger partial charge in [-0.1, -0.05) is 6.42 Å². The van der Waals surface area contributed by atoms with Crippen LogP contribution >= 0.6 is 0 Å². The Morgan fingerprint density at radius 1 is 1.22 bits per heavy atom. The fourth-order valence-corrected chi connectivity index (χ4v) is 6.16. The van der Waals surface area contributed by atoms with Crippen LogP contribution < -0.4 is 10.0 Å². The minimum atomic E-state index is -4.18. The van der Waals surface area contributed by atoms with Crippen molar-refractivity contribution in [1.82, 2.24) is 9.80 Å². The molecule has 200 valence electrons. The molecule has 1 amide bonds. The molecule has 1 aromatic rings. The number of nitrogens with zero attached hydrogens (tertiary/aromatic N) is 3. The van der Waals surface area contributed by atoms with Crippen LogP contribution in [0.5, 0.6) is 0 Å². The molecule has 36 heavy (non-hydrogen) atoms. The second-order valence-corrected chi connectivity index (χ2v) is 12.5. The predicted molar refractivity (Wildman–Crippen MR) is 136 cm³/mol. The number of amidine groups is 1. The Morgan fingerprint density at radius 2 is 1.94 bits per heavy atom. The fourth-order valence-electron chi connectivity index (χ4n) is 4.43. The number of hydrogen-bond acceptors (Lipinski definition) is 9. The van der Waals surface area contributed by atoms with E-state index in [1.54, 1.807) is 11.8 Å². The first kappa shape index (κ1) is 27.9. The van der Waals surface area contributed by atoms with Crippen molar-refractivity contribution in [3.63, 3.8) is 0 Å². The minimum Gasteiger partial charge on any atom is -0.466 e. The van der Waals surface area contributed by atoms with E-state index >= 15 is 0 Å². The largest absolute Gasteiger partial charge is 0.466 e. The highest BCUT2D eigenvalue weighted by Gasteiger charge is 2.40. The van der Waals surface area contributed by atoms with Crippen LogP contribution in [0.25, 0.3) is 0 Å². The molecule has 1 fully saturated rings. The van der Waals surface area contributed by atoms with Gasteiger partial charge in [0.1, 0.15) is 10.7 Å². The zero-order valence-corrected chi connectivity index (χ0v) is 22.5. The van der Waals surface area contributed by atoms with Crippen molar-refractivity contribution < 1.29 is 31.2 Å². The number of ether oxygens (including phenoxy) is 1. The highest BCUT2D eigenvalue weighted by Crippen LogP contribution is 2.33. The number of rotatable bonds is 10. The first-order valence-electron chi connectivity index (χ1n) is 11.6. The number of likely N-dealkylation sites (N-methyl/N-ethyl adjacent to an activating group) is 1. The maximum absolute atomic E-state index is 13.4. The molecule has 2 atom stereocenters. The molecule has 2 unspecified atom stereocenters. The summed E-state index contributed by atoms with van der Waals surface area (Å²) in [6, 6.07) is 3.66. The van der Waals surface area contributed by atoms with Gasteiger partial charge in [-0.3, -0.25) is 14.3 Å². The number of benzene rings is 1. The lowest BCUT2D eigenvalue weighted by atomic mass is 10.0. The third kappa shape index (κ3) is 6.95. The van der Waals surface area contributed by atoms with Crippen LogP contribution in [0, 0.1) is 5.92 Å². The van der Waals surface area contributed by atoms with Gasteiger partial charge in [0, 0.05) is 24.8 Å².